The molecule has 0 saturated carbocycles. The summed E-state index contributed by atoms with van der Waals surface area (Å²) in [7, 11) is 0. The molecule has 0 radical (unpaired) electrons. The van der Waals surface area contributed by atoms with E-state index in [4.69, 9.17) is 18.0 Å². The molecule has 1 amide bonds. The van der Waals surface area contributed by atoms with Crippen LogP contribution in [0.25, 0.3) is 10.8 Å². The molecule has 0 bridgehead atoms. The van der Waals surface area contributed by atoms with E-state index in [1.54, 1.807) is 0 Å². The fourth-order valence-corrected chi connectivity index (χ4v) is 1.92. The Bertz CT molecular complexity index is 590. The SMILES string of the molecule is NC(=S)CCNC(=O)c1cccc2ccccc12. The van der Waals surface area contributed by atoms with Crippen LogP contribution >= 0.6 is 12.2 Å². The molecule has 0 heterocycles. The second kappa shape index (κ2) is 5.60. The number of nitrogens with one attached hydrogen (secondary N) is 1. The largest absolute Gasteiger partial charge is 0.393 e. The summed E-state index contributed by atoms with van der Waals surface area (Å²) in [5.41, 5.74) is 6.06. The third-order valence-corrected chi connectivity index (χ3v) is 2.90. The maximum Gasteiger partial charge on any atom is 0.251 e. The Morgan fingerprint density at radius 1 is 1.17 bits per heavy atom. The number of carbonyl (C=O) groups excluding carboxylic acids is 1. The van der Waals surface area contributed by atoms with E-state index in [2.05, 4.69) is 5.32 Å². The molecular formula is C14H14N2OS. The second-order valence-corrected chi connectivity index (χ2v) is 4.52. The van der Waals surface area contributed by atoms with Gasteiger partial charge in [-0.15, -0.1) is 0 Å². The summed E-state index contributed by atoms with van der Waals surface area (Å²) in [5, 5.41) is 4.82. The molecule has 0 fully saturated rings. The van der Waals surface area contributed by atoms with Crippen LogP contribution in [0.4, 0.5) is 0 Å². The van der Waals surface area contributed by atoms with Crippen molar-refractivity contribution >= 4 is 33.9 Å². The molecule has 0 aliphatic heterocycles. The zero-order chi connectivity index (χ0) is 13.0. The normalized spacial score (nSPS) is 10.2. The van der Waals surface area contributed by atoms with Crippen molar-refractivity contribution in [3.8, 4) is 0 Å². The summed E-state index contributed by atoms with van der Waals surface area (Å²) in [6.07, 6.45) is 0.520. The number of benzene rings is 2. The molecule has 0 aliphatic carbocycles. The zero-order valence-corrected chi connectivity index (χ0v) is 10.7. The zero-order valence-electron chi connectivity index (χ0n) is 9.85. The van der Waals surface area contributed by atoms with Gasteiger partial charge in [-0.25, -0.2) is 0 Å². The summed E-state index contributed by atoms with van der Waals surface area (Å²) in [6, 6.07) is 13.5. The van der Waals surface area contributed by atoms with E-state index in [0.29, 0.717) is 23.5 Å². The molecule has 0 saturated heterocycles. The Morgan fingerprint density at radius 2 is 1.89 bits per heavy atom. The lowest BCUT2D eigenvalue weighted by molar-refractivity contribution is 0.0956. The van der Waals surface area contributed by atoms with Crippen molar-refractivity contribution < 1.29 is 4.79 Å². The Labute approximate surface area is 111 Å². The van der Waals surface area contributed by atoms with Gasteiger partial charge in [0.2, 0.25) is 0 Å². The van der Waals surface area contributed by atoms with Crippen molar-refractivity contribution in [2.45, 2.75) is 6.42 Å². The van der Waals surface area contributed by atoms with Crippen LogP contribution in [0.1, 0.15) is 16.8 Å². The average Bonchev–Trinajstić information content (AvgIpc) is 2.37. The predicted octanol–water partition coefficient (Wildman–Crippen LogP) is 2.25. The van der Waals surface area contributed by atoms with E-state index in [1.807, 2.05) is 42.5 Å². The quantitative estimate of drug-likeness (QED) is 0.827. The number of hydrogen-bond donors (Lipinski definition) is 2. The number of carbonyl (C=O) groups is 1. The number of thiocarbonyl (C=S) groups is 1. The first kappa shape index (κ1) is 12.5. The monoisotopic (exact) mass is 258 g/mol. The smallest absolute Gasteiger partial charge is 0.251 e. The van der Waals surface area contributed by atoms with Gasteiger partial charge in [0.05, 0.1) is 4.99 Å². The fraction of sp³-hybridized carbons (Fsp3) is 0.143. The molecule has 0 spiro atoms. The minimum atomic E-state index is -0.0944. The molecule has 18 heavy (non-hydrogen) atoms. The van der Waals surface area contributed by atoms with Crippen molar-refractivity contribution in [2.75, 3.05) is 6.54 Å². The third-order valence-electron chi connectivity index (χ3n) is 2.69. The minimum absolute atomic E-state index is 0.0944. The van der Waals surface area contributed by atoms with Crippen LogP contribution in [-0.4, -0.2) is 17.4 Å². The Balaban J connectivity index is 2.20. The highest BCUT2D eigenvalue weighted by molar-refractivity contribution is 7.80. The first-order valence-corrected chi connectivity index (χ1v) is 6.13. The molecule has 0 aliphatic rings. The number of hydrogen-bond acceptors (Lipinski definition) is 2. The maximum atomic E-state index is 12.0. The van der Waals surface area contributed by atoms with Crippen molar-refractivity contribution in [1.82, 2.24) is 5.32 Å². The van der Waals surface area contributed by atoms with E-state index in [-0.39, 0.29) is 5.91 Å². The van der Waals surface area contributed by atoms with Crippen LogP contribution in [0.15, 0.2) is 42.5 Å². The van der Waals surface area contributed by atoms with Crippen molar-refractivity contribution in [1.29, 1.82) is 0 Å². The summed E-state index contributed by atoms with van der Waals surface area (Å²) < 4.78 is 0. The molecule has 2 aromatic rings. The van der Waals surface area contributed by atoms with Gasteiger partial charge >= 0.3 is 0 Å². The first-order chi connectivity index (χ1) is 8.68. The van der Waals surface area contributed by atoms with Gasteiger partial charge in [0, 0.05) is 18.5 Å². The number of nitrogens with two attached hydrogens (primary N) is 1. The van der Waals surface area contributed by atoms with Crippen molar-refractivity contribution in [3.63, 3.8) is 0 Å². The van der Waals surface area contributed by atoms with E-state index in [9.17, 15) is 4.79 Å². The van der Waals surface area contributed by atoms with Gasteiger partial charge in [0.15, 0.2) is 0 Å². The van der Waals surface area contributed by atoms with Gasteiger partial charge < -0.3 is 11.1 Å². The van der Waals surface area contributed by atoms with Crippen molar-refractivity contribution in [2.24, 2.45) is 5.73 Å². The highest BCUT2D eigenvalue weighted by Crippen LogP contribution is 2.18. The van der Waals surface area contributed by atoms with Gasteiger partial charge in [-0.2, -0.15) is 0 Å². The number of amides is 1. The highest BCUT2D eigenvalue weighted by atomic mass is 32.1. The Hall–Kier alpha value is -1.94. The lowest BCUT2D eigenvalue weighted by Crippen LogP contribution is -2.27. The molecule has 0 atom stereocenters. The maximum absolute atomic E-state index is 12.0. The van der Waals surface area contributed by atoms with Crippen molar-refractivity contribution in [3.05, 3.63) is 48.0 Å². The van der Waals surface area contributed by atoms with E-state index < -0.39 is 0 Å². The molecule has 2 aromatic carbocycles. The summed E-state index contributed by atoms with van der Waals surface area (Å²) in [5.74, 6) is -0.0944. The van der Waals surface area contributed by atoms with Crippen LogP contribution in [0, 0.1) is 0 Å². The predicted molar refractivity (Wildman–Crippen MR) is 77.7 cm³/mol. The molecule has 2 rings (SSSR count). The van der Waals surface area contributed by atoms with Gasteiger partial charge in [0.25, 0.3) is 5.91 Å². The molecule has 0 aromatic heterocycles. The lowest BCUT2D eigenvalue weighted by atomic mass is 10.0. The van der Waals surface area contributed by atoms with Crippen LogP contribution in [-0.2, 0) is 0 Å². The Morgan fingerprint density at radius 3 is 2.67 bits per heavy atom. The second-order valence-electron chi connectivity index (χ2n) is 4.00. The Kier molecular flexibility index (Phi) is 3.89. The van der Waals surface area contributed by atoms with Gasteiger partial charge in [0.1, 0.15) is 0 Å². The summed E-state index contributed by atoms with van der Waals surface area (Å²) in [6.45, 7) is 0.470. The minimum Gasteiger partial charge on any atom is -0.393 e. The molecular weight excluding hydrogens is 244 g/mol. The number of rotatable bonds is 4. The molecule has 4 heteroatoms. The summed E-state index contributed by atoms with van der Waals surface area (Å²) >= 11 is 4.77. The molecule has 92 valence electrons. The van der Waals surface area contributed by atoms with Crippen LogP contribution in [0.2, 0.25) is 0 Å². The topological polar surface area (TPSA) is 55.1 Å². The molecule has 0 unspecified atom stereocenters. The van der Waals surface area contributed by atoms with E-state index in [0.717, 1.165) is 10.8 Å². The molecule has 3 nitrogen and oxygen atoms in total. The molecule has 3 N–H and O–H groups in total. The van der Waals surface area contributed by atoms with Gasteiger partial charge in [-0.1, -0.05) is 48.6 Å². The van der Waals surface area contributed by atoms with Crippen LogP contribution < -0.4 is 11.1 Å². The standard InChI is InChI=1S/C14H14N2OS/c15-13(18)8-9-16-14(17)12-7-3-5-10-4-1-2-6-11(10)12/h1-7H,8-9H2,(H2,15,18)(H,16,17). The van der Waals surface area contributed by atoms with E-state index in [1.165, 1.54) is 0 Å². The highest BCUT2D eigenvalue weighted by Gasteiger charge is 2.08. The summed E-state index contributed by atoms with van der Waals surface area (Å²) in [4.78, 5) is 12.5. The number of fused-ring (bicyclic) bond motifs is 1. The van der Waals surface area contributed by atoms with Crippen LogP contribution in [0.3, 0.4) is 0 Å². The average molecular weight is 258 g/mol. The van der Waals surface area contributed by atoms with Crippen LogP contribution in [0.5, 0.6) is 0 Å². The lowest BCUT2D eigenvalue weighted by Gasteiger charge is -2.07. The van der Waals surface area contributed by atoms with E-state index >= 15 is 0 Å². The fourth-order valence-electron chi connectivity index (χ4n) is 1.82. The van der Waals surface area contributed by atoms with Gasteiger partial charge in [-0.3, -0.25) is 4.79 Å². The first-order valence-electron chi connectivity index (χ1n) is 5.73. The van der Waals surface area contributed by atoms with Gasteiger partial charge in [-0.05, 0) is 16.8 Å². The third kappa shape index (κ3) is 2.84.